The van der Waals surface area contributed by atoms with Gasteiger partial charge in [-0.25, -0.2) is 4.79 Å². The maximum Gasteiger partial charge on any atom is 0.317 e. The standard InChI is InChI=1S/C14H26N2O2/c1-11-9-16(10-14(2,3)18-11)13(17)15-12-7-5-4-6-8-12/h11-12H,4-10H2,1-3H3,(H,15,17). The summed E-state index contributed by atoms with van der Waals surface area (Å²) in [5.41, 5.74) is -0.235. The van der Waals surface area contributed by atoms with Crippen molar-refractivity contribution in [3.8, 4) is 0 Å². The van der Waals surface area contributed by atoms with E-state index in [9.17, 15) is 4.79 Å². The molecular formula is C14H26N2O2. The lowest BCUT2D eigenvalue weighted by Gasteiger charge is -2.42. The van der Waals surface area contributed by atoms with Crippen LogP contribution in [-0.2, 0) is 4.74 Å². The SMILES string of the molecule is CC1CN(C(=O)NC2CCCCC2)CC(C)(C)O1. The summed E-state index contributed by atoms with van der Waals surface area (Å²) in [6.45, 7) is 7.49. The molecule has 0 aromatic rings. The average Bonchev–Trinajstić information content (AvgIpc) is 2.27. The number of ether oxygens (including phenoxy) is 1. The van der Waals surface area contributed by atoms with Crippen LogP contribution in [0.5, 0.6) is 0 Å². The molecule has 1 unspecified atom stereocenters. The molecule has 4 heteroatoms. The monoisotopic (exact) mass is 254 g/mol. The van der Waals surface area contributed by atoms with E-state index in [0.717, 1.165) is 12.8 Å². The van der Waals surface area contributed by atoms with Crippen LogP contribution in [0.1, 0.15) is 52.9 Å². The molecule has 1 atom stereocenters. The number of hydrogen-bond donors (Lipinski definition) is 1. The second kappa shape index (κ2) is 5.47. The molecule has 2 aliphatic rings. The van der Waals surface area contributed by atoms with E-state index in [1.807, 2.05) is 25.7 Å². The van der Waals surface area contributed by atoms with Crippen molar-refractivity contribution in [1.29, 1.82) is 0 Å². The normalized spacial score (nSPS) is 29.1. The molecule has 2 fully saturated rings. The number of hydrogen-bond acceptors (Lipinski definition) is 2. The molecule has 2 rings (SSSR count). The van der Waals surface area contributed by atoms with Gasteiger partial charge in [0.15, 0.2) is 0 Å². The number of nitrogens with one attached hydrogen (secondary N) is 1. The minimum absolute atomic E-state index is 0.0881. The molecule has 18 heavy (non-hydrogen) atoms. The smallest absolute Gasteiger partial charge is 0.317 e. The Hall–Kier alpha value is -0.770. The third-order valence-electron chi connectivity index (χ3n) is 3.79. The third-order valence-corrected chi connectivity index (χ3v) is 3.79. The van der Waals surface area contributed by atoms with Gasteiger partial charge in [0.2, 0.25) is 0 Å². The number of morpholine rings is 1. The van der Waals surface area contributed by atoms with Crippen LogP contribution in [0.15, 0.2) is 0 Å². The zero-order valence-corrected chi connectivity index (χ0v) is 11.9. The molecule has 0 aromatic heterocycles. The first-order valence-electron chi connectivity index (χ1n) is 7.19. The minimum atomic E-state index is -0.235. The topological polar surface area (TPSA) is 41.6 Å². The Morgan fingerprint density at radius 3 is 2.56 bits per heavy atom. The molecule has 104 valence electrons. The Morgan fingerprint density at radius 2 is 1.94 bits per heavy atom. The summed E-state index contributed by atoms with van der Waals surface area (Å²) in [5, 5.41) is 3.18. The third kappa shape index (κ3) is 3.61. The first kappa shape index (κ1) is 13.7. The van der Waals surface area contributed by atoms with Crippen LogP contribution < -0.4 is 5.32 Å². The van der Waals surface area contributed by atoms with Crippen molar-refractivity contribution >= 4 is 6.03 Å². The van der Waals surface area contributed by atoms with Crippen molar-refractivity contribution in [2.75, 3.05) is 13.1 Å². The Bertz CT molecular complexity index is 298. The van der Waals surface area contributed by atoms with Gasteiger partial charge >= 0.3 is 6.03 Å². The predicted molar refractivity (Wildman–Crippen MR) is 71.6 cm³/mol. The van der Waals surface area contributed by atoms with Crippen LogP contribution in [-0.4, -0.2) is 41.8 Å². The fourth-order valence-electron chi connectivity index (χ4n) is 3.12. The van der Waals surface area contributed by atoms with Crippen molar-refractivity contribution in [1.82, 2.24) is 10.2 Å². The Kier molecular flexibility index (Phi) is 4.15. The molecule has 1 saturated carbocycles. The predicted octanol–water partition coefficient (Wildman–Crippen LogP) is 2.53. The highest BCUT2D eigenvalue weighted by Crippen LogP contribution is 2.22. The number of urea groups is 1. The first-order chi connectivity index (χ1) is 8.46. The van der Waals surface area contributed by atoms with Crippen molar-refractivity contribution in [3.05, 3.63) is 0 Å². The second-order valence-corrected chi connectivity index (χ2v) is 6.35. The molecule has 0 spiro atoms. The van der Waals surface area contributed by atoms with E-state index >= 15 is 0 Å². The molecule has 0 aromatic carbocycles. The summed E-state index contributed by atoms with van der Waals surface area (Å²) in [6, 6.07) is 0.470. The van der Waals surface area contributed by atoms with Crippen LogP contribution in [0.2, 0.25) is 0 Å². The number of carbonyl (C=O) groups is 1. The molecule has 2 amide bonds. The Morgan fingerprint density at radius 1 is 1.28 bits per heavy atom. The average molecular weight is 254 g/mol. The maximum atomic E-state index is 12.3. The highest BCUT2D eigenvalue weighted by Gasteiger charge is 2.34. The van der Waals surface area contributed by atoms with Gasteiger partial charge in [-0.15, -0.1) is 0 Å². The van der Waals surface area contributed by atoms with Gasteiger partial charge < -0.3 is 15.0 Å². The molecule has 1 N–H and O–H groups in total. The van der Waals surface area contributed by atoms with Gasteiger partial charge in [-0.05, 0) is 33.6 Å². The van der Waals surface area contributed by atoms with Crippen LogP contribution in [0.25, 0.3) is 0 Å². The number of amides is 2. The van der Waals surface area contributed by atoms with E-state index in [1.165, 1.54) is 19.3 Å². The number of nitrogens with zero attached hydrogens (tertiary/aromatic N) is 1. The molecule has 1 heterocycles. The fourth-order valence-corrected chi connectivity index (χ4v) is 3.12. The summed E-state index contributed by atoms with van der Waals surface area (Å²) >= 11 is 0. The summed E-state index contributed by atoms with van der Waals surface area (Å²) < 4.78 is 5.82. The van der Waals surface area contributed by atoms with E-state index < -0.39 is 0 Å². The van der Waals surface area contributed by atoms with Crippen LogP contribution >= 0.6 is 0 Å². The summed E-state index contributed by atoms with van der Waals surface area (Å²) in [7, 11) is 0. The molecule has 0 radical (unpaired) electrons. The van der Waals surface area contributed by atoms with Crippen molar-refractivity contribution in [2.24, 2.45) is 0 Å². The summed E-state index contributed by atoms with van der Waals surface area (Å²) in [6.07, 6.45) is 6.19. The molecule has 1 aliphatic heterocycles. The van der Waals surface area contributed by atoms with Crippen molar-refractivity contribution in [2.45, 2.75) is 70.6 Å². The van der Waals surface area contributed by atoms with E-state index in [1.54, 1.807) is 0 Å². The maximum absolute atomic E-state index is 12.3. The van der Waals surface area contributed by atoms with Gasteiger partial charge in [0, 0.05) is 12.6 Å². The lowest BCUT2D eigenvalue weighted by Crippen LogP contribution is -2.57. The quantitative estimate of drug-likeness (QED) is 0.781. The van der Waals surface area contributed by atoms with Crippen LogP contribution in [0.4, 0.5) is 4.79 Å². The molecular weight excluding hydrogens is 228 g/mol. The zero-order valence-electron chi connectivity index (χ0n) is 11.9. The van der Waals surface area contributed by atoms with Gasteiger partial charge in [-0.3, -0.25) is 0 Å². The van der Waals surface area contributed by atoms with Gasteiger partial charge in [-0.2, -0.15) is 0 Å². The fraction of sp³-hybridized carbons (Fsp3) is 0.929. The largest absolute Gasteiger partial charge is 0.369 e. The highest BCUT2D eigenvalue weighted by atomic mass is 16.5. The number of rotatable bonds is 1. The number of carbonyl (C=O) groups excluding carboxylic acids is 1. The Balaban J connectivity index is 1.87. The van der Waals surface area contributed by atoms with Crippen molar-refractivity contribution < 1.29 is 9.53 Å². The van der Waals surface area contributed by atoms with Gasteiger partial charge in [-0.1, -0.05) is 19.3 Å². The molecule has 1 aliphatic carbocycles. The van der Waals surface area contributed by atoms with E-state index in [0.29, 0.717) is 19.1 Å². The summed E-state index contributed by atoms with van der Waals surface area (Å²) in [5.74, 6) is 0. The molecule has 1 saturated heterocycles. The lowest BCUT2D eigenvalue weighted by atomic mass is 9.95. The van der Waals surface area contributed by atoms with Crippen LogP contribution in [0.3, 0.4) is 0 Å². The zero-order chi connectivity index (χ0) is 13.2. The van der Waals surface area contributed by atoms with Crippen molar-refractivity contribution in [3.63, 3.8) is 0 Å². The Labute approximate surface area is 110 Å². The highest BCUT2D eigenvalue weighted by molar-refractivity contribution is 5.74. The first-order valence-corrected chi connectivity index (χ1v) is 7.19. The lowest BCUT2D eigenvalue weighted by molar-refractivity contribution is -0.117. The van der Waals surface area contributed by atoms with Crippen LogP contribution in [0, 0.1) is 0 Å². The summed E-state index contributed by atoms with van der Waals surface area (Å²) in [4.78, 5) is 14.2. The van der Waals surface area contributed by atoms with Gasteiger partial charge in [0.25, 0.3) is 0 Å². The second-order valence-electron chi connectivity index (χ2n) is 6.35. The minimum Gasteiger partial charge on any atom is -0.369 e. The molecule has 4 nitrogen and oxygen atoms in total. The van der Waals surface area contributed by atoms with Gasteiger partial charge in [0.05, 0.1) is 18.2 Å². The molecule has 0 bridgehead atoms. The van der Waals surface area contributed by atoms with E-state index in [-0.39, 0.29) is 17.7 Å². The van der Waals surface area contributed by atoms with E-state index in [4.69, 9.17) is 4.74 Å². The van der Waals surface area contributed by atoms with E-state index in [2.05, 4.69) is 5.32 Å². The van der Waals surface area contributed by atoms with Gasteiger partial charge in [0.1, 0.15) is 0 Å².